The van der Waals surface area contributed by atoms with Crippen molar-refractivity contribution in [1.29, 1.82) is 0 Å². The molecule has 0 radical (unpaired) electrons. The van der Waals surface area contributed by atoms with Crippen molar-refractivity contribution < 1.29 is 29.7 Å². The van der Waals surface area contributed by atoms with Gasteiger partial charge in [-0.1, -0.05) is 37.3 Å². The lowest BCUT2D eigenvalue weighted by molar-refractivity contribution is -0.177. The van der Waals surface area contributed by atoms with E-state index >= 15 is 0 Å². The van der Waals surface area contributed by atoms with Gasteiger partial charge in [0.25, 0.3) is 5.41 Å². The van der Waals surface area contributed by atoms with Crippen LogP contribution < -0.4 is 0 Å². The molecule has 0 aliphatic carbocycles. The molecule has 1 atom stereocenters. The van der Waals surface area contributed by atoms with Crippen LogP contribution in [0.25, 0.3) is 0 Å². The Morgan fingerprint density at radius 2 is 1.33 bits per heavy atom. The molecule has 1 aromatic rings. The molecule has 0 amide bonds. The van der Waals surface area contributed by atoms with Gasteiger partial charge in [0.05, 0.1) is 0 Å². The average molecular weight is 252 g/mol. The molecule has 1 aromatic carbocycles. The fourth-order valence-corrected chi connectivity index (χ4v) is 1.82. The van der Waals surface area contributed by atoms with E-state index in [2.05, 4.69) is 0 Å². The first-order valence-corrected chi connectivity index (χ1v) is 5.10. The molecule has 3 N–H and O–H groups in total. The first kappa shape index (κ1) is 13.7. The lowest BCUT2D eigenvalue weighted by atomic mass is 9.73. The van der Waals surface area contributed by atoms with Crippen molar-refractivity contribution in [2.75, 3.05) is 0 Å². The maximum absolute atomic E-state index is 11.2. The SMILES string of the molecule is C[C@H](c1ccccc1)C(C(=O)O)(C(=O)O)C(=O)O. The van der Waals surface area contributed by atoms with Gasteiger partial charge in [-0.2, -0.15) is 0 Å². The van der Waals surface area contributed by atoms with Crippen molar-refractivity contribution in [2.24, 2.45) is 5.41 Å². The number of aliphatic carboxylic acids is 3. The number of carboxylic acids is 3. The topological polar surface area (TPSA) is 112 Å². The zero-order valence-corrected chi connectivity index (χ0v) is 9.53. The number of carbonyl (C=O) groups is 3. The van der Waals surface area contributed by atoms with Crippen LogP contribution in [-0.2, 0) is 14.4 Å². The number of hydrogen-bond donors (Lipinski definition) is 3. The molecule has 6 heteroatoms. The minimum Gasteiger partial charge on any atom is -0.480 e. The summed E-state index contributed by atoms with van der Waals surface area (Å²) >= 11 is 0. The van der Waals surface area contributed by atoms with Crippen LogP contribution in [0.3, 0.4) is 0 Å². The molecular weight excluding hydrogens is 240 g/mol. The number of rotatable bonds is 5. The highest BCUT2D eigenvalue weighted by molar-refractivity contribution is 6.17. The summed E-state index contributed by atoms with van der Waals surface area (Å²) in [7, 11) is 0. The van der Waals surface area contributed by atoms with E-state index in [0.717, 1.165) is 0 Å². The molecule has 0 spiro atoms. The third-order valence-corrected chi connectivity index (χ3v) is 2.96. The summed E-state index contributed by atoms with van der Waals surface area (Å²) in [5.74, 6) is -6.87. The molecule has 0 saturated heterocycles. The van der Waals surface area contributed by atoms with Gasteiger partial charge < -0.3 is 15.3 Å². The van der Waals surface area contributed by atoms with E-state index in [-0.39, 0.29) is 0 Å². The van der Waals surface area contributed by atoms with E-state index in [1.54, 1.807) is 18.2 Å². The molecular formula is C12H12O6. The van der Waals surface area contributed by atoms with Gasteiger partial charge in [0.15, 0.2) is 0 Å². The molecule has 0 bridgehead atoms. The van der Waals surface area contributed by atoms with Crippen LogP contribution in [0.5, 0.6) is 0 Å². The summed E-state index contributed by atoms with van der Waals surface area (Å²) in [5.41, 5.74) is -2.55. The van der Waals surface area contributed by atoms with Crippen LogP contribution in [0.2, 0.25) is 0 Å². The Labute approximate surface area is 102 Å². The molecule has 1 rings (SSSR count). The van der Waals surface area contributed by atoms with Gasteiger partial charge >= 0.3 is 17.9 Å². The first-order chi connectivity index (χ1) is 8.35. The van der Waals surface area contributed by atoms with Crippen LogP contribution in [0, 0.1) is 5.41 Å². The highest BCUT2D eigenvalue weighted by atomic mass is 16.4. The van der Waals surface area contributed by atoms with Crippen LogP contribution in [0.1, 0.15) is 18.4 Å². The second-order valence-electron chi connectivity index (χ2n) is 3.86. The second-order valence-corrected chi connectivity index (χ2v) is 3.86. The largest absolute Gasteiger partial charge is 0.480 e. The maximum Gasteiger partial charge on any atom is 0.333 e. The van der Waals surface area contributed by atoms with Gasteiger partial charge in [0.1, 0.15) is 0 Å². The van der Waals surface area contributed by atoms with Crippen LogP contribution in [-0.4, -0.2) is 33.2 Å². The Hall–Kier alpha value is -2.37. The highest BCUT2D eigenvalue weighted by Crippen LogP contribution is 2.37. The van der Waals surface area contributed by atoms with Crippen molar-refractivity contribution >= 4 is 17.9 Å². The lowest BCUT2D eigenvalue weighted by Gasteiger charge is -2.27. The van der Waals surface area contributed by atoms with Gasteiger partial charge in [0.2, 0.25) is 0 Å². The molecule has 18 heavy (non-hydrogen) atoms. The van der Waals surface area contributed by atoms with Gasteiger partial charge in [-0.25, -0.2) is 0 Å². The second kappa shape index (κ2) is 4.87. The smallest absolute Gasteiger partial charge is 0.333 e. The zero-order chi connectivity index (χ0) is 13.9. The summed E-state index contributed by atoms with van der Waals surface area (Å²) in [6, 6.07) is 7.83. The molecule has 0 saturated carbocycles. The normalized spacial score (nSPS) is 12.7. The summed E-state index contributed by atoms with van der Waals surface area (Å²) < 4.78 is 0. The Kier molecular flexibility index (Phi) is 3.70. The summed E-state index contributed by atoms with van der Waals surface area (Å²) in [6.45, 7) is 1.27. The molecule has 0 aliphatic heterocycles. The van der Waals surface area contributed by atoms with E-state index in [1.807, 2.05) is 0 Å². The Morgan fingerprint density at radius 1 is 0.944 bits per heavy atom. The Bertz CT molecular complexity index is 443. The molecule has 0 heterocycles. The minimum absolute atomic E-state index is 0.338. The summed E-state index contributed by atoms with van der Waals surface area (Å²) in [4.78, 5) is 33.5. The van der Waals surface area contributed by atoms with Crippen molar-refractivity contribution in [3.05, 3.63) is 35.9 Å². The number of benzene rings is 1. The third kappa shape index (κ3) is 1.92. The Morgan fingerprint density at radius 3 is 1.67 bits per heavy atom. The van der Waals surface area contributed by atoms with Crippen molar-refractivity contribution in [2.45, 2.75) is 12.8 Å². The summed E-state index contributed by atoms with van der Waals surface area (Å²) in [6.07, 6.45) is 0. The van der Waals surface area contributed by atoms with Crippen molar-refractivity contribution in [1.82, 2.24) is 0 Å². The van der Waals surface area contributed by atoms with Crippen LogP contribution in [0.4, 0.5) is 0 Å². The molecule has 0 unspecified atom stereocenters. The minimum atomic E-state index is -2.89. The summed E-state index contributed by atoms with van der Waals surface area (Å²) in [5, 5.41) is 27.1. The van der Waals surface area contributed by atoms with Crippen molar-refractivity contribution in [3.63, 3.8) is 0 Å². The monoisotopic (exact) mass is 252 g/mol. The molecule has 0 aliphatic rings. The van der Waals surface area contributed by atoms with Gasteiger partial charge in [-0.15, -0.1) is 0 Å². The predicted octanol–water partition coefficient (Wildman–Crippen LogP) is 1.03. The lowest BCUT2D eigenvalue weighted by Crippen LogP contribution is -2.50. The van der Waals surface area contributed by atoms with Crippen molar-refractivity contribution in [3.8, 4) is 0 Å². The van der Waals surface area contributed by atoms with E-state index in [1.165, 1.54) is 19.1 Å². The Balaban J connectivity index is 3.41. The maximum atomic E-state index is 11.2. The molecule has 96 valence electrons. The van der Waals surface area contributed by atoms with Gasteiger partial charge in [-0.3, -0.25) is 14.4 Å². The zero-order valence-electron chi connectivity index (χ0n) is 9.53. The molecule has 0 fully saturated rings. The van der Waals surface area contributed by atoms with E-state index in [4.69, 9.17) is 15.3 Å². The quantitative estimate of drug-likeness (QED) is 0.675. The number of hydrogen-bond acceptors (Lipinski definition) is 3. The van der Waals surface area contributed by atoms with Gasteiger partial charge in [-0.05, 0) is 5.56 Å². The fraction of sp³-hybridized carbons (Fsp3) is 0.250. The fourth-order valence-electron chi connectivity index (χ4n) is 1.82. The van der Waals surface area contributed by atoms with E-state index in [0.29, 0.717) is 5.56 Å². The average Bonchev–Trinajstić information content (AvgIpc) is 2.29. The number of carboxylic acid groups (broad SMARTS) is 3. The molecule has 6 nitrogen and oxygen atoms in total. The predicted molar refractivity (Wildman–Crippen MR) is 60.2 cm³/mol. The van der Waals surface area contributed by atoms with E-state index in [9.17, 15) is 14.4 Å². The van der Waals surface area contributed by atoms with E-state index < -0.39 is 29.2 Å². The highest BCUT2D eigenvalue weighted by Gasteiger charge is 2.59. The van der Waals surface area contributed by atoms with Crippen LogP contribution >= 0.6 is 0 Å². The third-order valence-electron chi connectivity index (χ3n) is 2.96. The molecule has 0 aromatic heterocycles. The van der Waals surface area contributed by atoms with Crippen LogP contribution in [0.15, 0.2) is 30.3 Å². The van der Waals surface area contributed by atoms with Gasteiger partial charge in [0, 0.05) is 5.92 Å². The standard InChI is InChI=1S/C12H12O6/c1-7(8-5-3-2-4-6-8)12(9(13)14,10(15)16)11(17)18/h2-7H,1H3,(H,13,14)(H,15,16)(H,17,18)/t7-/m1/s1. The first-order valence-electron chi connectivity index (χ1n) is 5.10.